The van der Waals surface area contributed by atoms with Gasteiger partial charge in [-0.2, -0.15) is 0 Å². The van der Waals surface area contributed by atoms with E-state index in [9.17, 15) is 4.39 Å². The molecule has 0 radical (unpaired) electrons. The lowest BCUT2D eigenvalue weighted by Crippen LogP contribution is -2.32. The Kier molecular flexibility index (Phi) is 2.66. The van der Waals surface area contributed by atoms with Gasteiger partial charge in [-0.3, -0.25) is 0 Å². The lowest BCUT2D eigenvalue weighted by molar-refractivity contribution is 0.386. The Morgan fingerprint density at radius 1 is 1.47 bits per heavy atom. The largest absolute Gasteiger partial charge is 0.494 e. The highest BCUT2D eigenvalue weighted by atomic mass is 19.1. The van der Waals surface area contributed by atoms with Gasteiger partial charge in [-0.05, 0) is 6.42 Å². The van der Waals surface area contributed by atoms with Gasteiger partial charge in [0.2, 0.25) is 0 Å². The quantitative estimate of drug-likeness (QED) is 0.786. The third-order valence-electron chi connectivity index (χ3n) is 2.68. The fraction of sp³-hybridized carbons (Fsp3) is 0.455. The van der Waals surface area contributed by atoms with E-state index in [4.69, 9.17) is 4.74 Å². The van der Waals surface area contributed by atoms with Crippen LogP contribution in [0.3, 0.4) is 0 Å². The Bertz CT molecular complexity index is 368. The average molecular weight is 210 g/mol. The molecule has 1 aliphatic heterocycles. The zero-order valence-electron chi connectivity index (χ0n) is 8.93. The van der Waals surface area contributed by atoms with Crippen LogP contribution in [0.4, 0.5) is 15.8 Å². The monoisotopic (exact) mass is 210 g/mol. The van der Waals surface area contributed by atoms with Crippen LogP contribution in [0.1, 0.15) is 13.3 Å². The Morgan fingerprint density at radius 2 is 2.27 bits per heavy atom. The maximum absolute atomic E-state index is 13.4. The lowest BCUT2D eigenvalue weighted by Gasteiger charge is -2.28. The van der Waals surface area contributed by atoms with E-state index in [1.165, 1.54) is 13.2 Å². The number of fused-ring (bicyclic) bond motifs is 1. The lowest BCUT2D eigenvalue weighted by atomic mass is 10.1. The van der Waals surface area contributed by atoms with Crippen molar-refractivity contribution in [3.05, 3.63) is 17.9 Å². The average Bonchev–Trinajstić information content (AvgIpc) is 2.27. The normalized spacial score (nSPS) is 18.7. The van der Waals surface area contributed by atoms with E-state index in [1.807, 2.05) is 0 Å². The molecule has 0 spiro atoms. The Hall–Kier alpha value is -1.45. The van der Waals surface area contributed by atoms with E-state index >= 15 is 0 Å². The molecule has 2 N–H and O–H groups in total. The molecule has 0 aliphatic carbocycles. The van der Waals surface area contributed by atoms with Crippen LogP contribution >= 0.6 is 0 Å². The van der Waals surface area contributed by atoms with E-state index < -0.39 is 0 Å². The highest BCUT2D eigenvalue weighted by molar-refractivity contribution is 5.73. The number of nitrogens with one attached hydrogen (secondary N) is 2. The summed E-state index contributed by atoms with van der Waals surface area (Å²) in [6, 6.07) is 3.56. The predicted octanol–water partition coefficient (Wildman–Crippen LogP) is 2.45. The summed E-state index contributed by atoms with van der Waals surface area (Å²) < 4.78 is 18.3. The molecule has 4 heteroatoms. The second-order valence-corrected chi connectivity index (χ2v) is 3.66. The van der Waals surface area contributed by atoms with Crippen LogP contribution in [-0.2, 0) is 0 Å². The van der Waals surface area contributed by atoms with Crippen molar-refractivity contribution in [2.24, 2.45) is 0 Å². The fourth-order valence-electron chi connectivity index (χ4n) is 1.73. The predicted molar refractivity (Wildman–Crippen MR) is 59.1 cm³/mol. The fourth-order valence-corrected chi connectivity index (χ4v) is 1.73. The van der Waals surface area contributed by atoms with Crippen molar-refractivity contribution < 1.29 is 9.13 Å². The van der Waals surface area contributed by atoms with Crippen molar-refractivity contribution in [3.63, 3.8) is 0 Å². The molecule has 1 aromatic rings. The molecule has 0 aromatic heterocycles. The SMILES string of the molecule is CCC1CNc2cc(F)c(OC)cc2N1. The number of methoxy groups -OCH3 is 1. The van der Waals surface area contributed by atoms with Gasteiger partial charge < -0.3 is 15.4 Å². The summed E-state index contributed by atoms with van der Waals surface area (Å²) in [5.74, 6) is -0.0553. The molecule has 1 atom stereocenters. The zero-order chi connectivity index (χ0) is 10.8. The van der Waals surface area contributed by atoms with E-state index in [0.29, 0.717) is 6.04 Å². The molecule has 0 bridgehead atoms. The molecule has 0 saturated carbocycles. The van der Waals surface area contributed by atoms with Gasteiger partial charge in [0, 0.05) is 24.7 Å². The molecule has 0 fully saturated rings. The molecule has 0 amide bonds. The molecule has 15 heavy (non-hydrogen) atoms. The van der Waals surface area contributed by atoms with Gasteiger partial charge in [-0.1, -0.05) is 6.92 Å². The van der Waals surface area contributed by atoms with Gasteiger partial charge >= 0.3 is 0 Å². The van der Waals surface area contributed by atoms with Gasteiger partial charge in [0.25, 0.3) is 0 Å². The molecule has 1 unspecified atom stereocenters. The first kappa shape index (κ1) is 10.1. The van der Waals surface area contributed by atoms with E-state index in [1.54, 1.807) is 6.07 Å². The molecule has 1 heterocycles. The maximum Gasteiger partial charge on any atom is 0.167 e. The number of hydrogen-bond donors (Lipinski definition) is 2. The van der Waals surface area contributed by atoms with Gasteiger partial charge in [0.05, 0.1) is 18.5 Å². The molecule has 3 nitrogen and oxygen atoms in total. The summed E-state index contributed by atoms with van der Waals surface area (Å²) in [6.45, 7) is 2.94. The minimum Gasteiger partial charge on any atom is -0.494 e. The van der Waals surface area contributed by atoms with Crippen LogP contribution in [-0.4, -0.2) is 19.7 Å². The van der Waals surface area contributed by atoms with Gasteiger partial charge in [0.1, 0.15) is 0 Å². The summed E-state index contributed by atoms with van der Waals surface area (Å²) in [6.07, 6.45) is 1.03. The van der Waals surface area contributed by atoms with Crippen LogP contribution < -0.4 is 15.4 Å². The Balaban J connectivity index is 2.33. The van der Waals surface area contributed by atoms with Crippen molar-refractivity contribution in [2.45, 2.75) is 19.4 Å². The summed E-state index contributed by atoms with van der Waals surface area (Å²) in [5, 5.41) is 6.54. The molecule has 1 aliphatic rings. The highest BCUT2D eigenvalue weighted by Crippen LogP contribution is 2.32. The summed E-state index contributed by atoms with van der Waals surface area (Å²) >= 11 is 0. The number of hydrogen-bond acceptors (Lipinski definition) is 3. The molecule has 82 valence electrons. The summed E-state index contributed by atoms with van der Waals surface area (Å²) in [5.41, 5.74) is 1.71. The van der Waals surface area contributed by atoms with E-state index in [2.05, 4.69) is 17.6 Å². The number of rotatable bonds is 2. The number of halogens is 1. The van der Waals surface area contributed by atoms with Gasteiger partial charge in [-0.25, -0.2) is 4.39 Å². The van der Waals surface area contributed by atoms with E-state index in [0.717, 1.165) is 24.3 Å². The summed E-state index contributed by atoms with van der Waals surface area (Å²) in [7, 11) is 1.47. The van der Waals surface area contributed by atoms with Crippen molar-refractivity contribution in [3.8, 4) is 5.75 Å². The van der Waals surface area contributed by atoms with Crippen LogP contribution in [0.15, 0.2) is 12.1 Å². The minimum absolute atomic E-state index is 0.278. The third-order valence-corrected chi connectivity index (χ3v) is 2.68. The van der Waals surface area contributed by atoms with Crippen molar-refractivity contribution in [1.29, 1.82) is 0 Å². The number of anilines is 2. The molecule has 0 saturated heterocycles. The first-order chi connectivity index (χ1) is 7.24. The Morgan fingerprint density at radius 3 is 2.93 bits per heavy atom. The second kappa shape index (κ2) is 3.96. The van der Waals surface area contributed by atoms with Gasteiger partial charge in [-0.15, -0.1) is 0 Å². The molecule has 1 aromatic carbocycles. The Labute approximate surface area is 88.6 Å². The first-order valence-electron chi connectivity index (χ1n) is 5.12. The topological polar surface area (TPSA) is 33.3 Å². The zero-order valence-corrected chi connectivity index (χ0v) is 8.93. The smallest absolute Gasteiger partial charge is 0.167 e. The van der Waals surface area contributed by atoms with Crippen LogP contribution in [0.2, 0.25) is 0 Å². The van der Waals surface area contributed by atoms with Crippen molar-refractivity contribution in [2.75, 3.05) is 24.3 Å². The third kappa shape index (κ3) is 1.84. The molecular weight excluding hydrogens is 195 g/mol. The minimum atomic E-state index is -0.333. The molecular formula is C11H15FN2O. The number of ether oxygens (including phenoxy) is 1. The van der Waals surface area contributed by atoms with Crippen LogP contribution in [0, 0.1) is 5.82 Å². The summed E-state index contributed by atoms with van der Waals surface area (Å²) in [4.78, 5) is 0. The molecule has 2 rings (SSSR count). The van der Waals surface area contributed by atoms with Crippen LogP contribution in [0.5, 0.6) is 5.75 Å². The maximum atomic E-state index is 13.4. The second-order valence-electron chi connectivity index (χ2n) is 3.66. The van der Waals surface area contributed by atoms with Crippen LogP contribution in [0.25, 0.3) is 0 Å². The number of benzene rings is 1. The van der Waals surface area contributed by atoms with Gasteiger partial charge in [0.15, 0.2) is 11.6 Å². The standard InChI is InChI=1S/C11H15FN2O/c1-3-7-6-13-9-4-8(12)11(15-2)5-10(9)14-7/h4-5,7,13-14H,3,6H2,1-2H3. The highest BCUT2D eigenvalue weighted by Gasteiger charge is 2.18. The van der Waals surface area contributed by atoms with E-state index in [-0.39, 0.29) is 11.6 Å². The van der Waals surface area contributed by atoms with Crippen molar-refractivity contribution >= 4 is 11.4 Å². The first-order valence-corrected chi connectivity index (χ1v) is 5.12. The van der Waals surface area contributed by atoms with Crippen molar-refractivity contribution in [1.82, 2.24) is 0 Å².